The first-order valence-electron chi connectivity index (χ1n) is 4.49. The molecular formula is C10H12N4. The molecule has 0 aliphatic heterocycles. The minimum absolute atomic E-state index is 0.840. The van der Waals surface area contributed by atoms with Gasteiger partial charge in [0.1, 0.15) is 0 Å². The molecule has 1 N–H and O–H groups in total. The summed E-state index contributed by atoms with van der Waals surface area (Å²) in [7, 11) is 1.92. The summed E-state index contributed by atoms with van der Waals surface area (Å²) in [6.45, 7) is 0.840. The summed E-state index contributed by atoms with van der Waals surface area (Å²) in [5.41, 5.74) is 1.17. The molecule has 0 aliphatic rings. The van der Waals surface area contributed by atoms with E-state index in [9.17, 15) is 0 Å². The van der Waals surface area contributed by atoms with Crippen molar-refractivity contribution in [2.75, 3.05) is 7.05 Å². The number of aromatic nitrogens is 3. The lowest BCUT2D eigenvalue weighted by molar-refractivity contribution is 0.801. The standard InChI is InChI=1S/C10H12N4/c1-11-7-9-3-4-10(12-8-9)14-6-2-5-13-14/h2-6,8,11H,7H2,1H3. The number of rotatable bonds is 3. The summed E-state index contributed by atoms with van der Waals surface area (Å²) in [5, 5.41) is 7.18. The lowest BCUT2D eigenvalue weighted by Gasteiger charge is -2.02. The first kappa shape index (κ1) is 8.90. The molecule has 2 aromatic heterocycles. The Kier molecular flexibility index (Phi) is 2.55. The molecule has 2 heterocycles. The zero-order chi connectivity index (χ0) is 9.80. The molecule has 0 unspecified atom stereocenters. The minimum Gasteiger partial charge on any atom is -0.316 e. The summed E-state index contributed by atoms with van der Waals surface area (Å²) in [6.07, 6.45) is 5.47. The van der Waals surface area contributed by atoms with Gasteiger partial charge >= 0.3 is 0 Å². The van der Waals surface area contributed by atoms with Crippen LogP contribution in [0.2, 0.25) is 0 Å². The highest BCUT2D eigenvalue weighted by atomic mass is 15.3. The largest absolute Gasteiger partial charge is 0.316 e. The van der Waals surface area contributed by atoms with Crippen LogP contribution in [0.3, 0.4) is 0 Å². The van der Waals surface area contributed by atoms with Crippen LogP contribution in [0.25, 0.3) is 5.82 Å². The Bertz CT molecular complexity index is 377. The Morgan fingerprint density at radius 2 is 2.36 bits per heavy atom. The van der Waals surface area contributed by atoms with E-state index in [1.54, 1.807) is 10.9 Å². The Hall–Kier alpha value is -1.68. The second-order valence-electron chi connectivity index (χ2n) is 3.01. The molecule has 0 amide bonds. The fourth-order valence-electron chi connectivity index (χ4n) is 1.27. The van der Waals surface area contributed by atoms with E-state index < -0.39 is 0 Å². The third-order valence-corrected chi connectivity index (χ3v) is 1.93. The van der Waals surface area contributed by atoms with E-state index in [2.05, 4.69) is 15.4 Å². The van der Waals surface area contributed by atoms with Crippen LogP contribution in [-0.4, -0.2) is 21.8 Å². The minimum atomic E-state index is 0.840. The van der Waals surface area contributed by atoms with Crippen molar-refractivity contribution < 1.29 is 0 Å². The van der Waals surface area contributed by atoms with Crippen LogP contribution >= 0.6 is 0 Å². The van der Waals surface area contributed by atoms with Gasteiger partial charge in [0, 0.05) is 25.1 Å². The van der Waals surface area contributed by atoms with Gasteiger partial charge in [0.05, 0.1) is 0 Å². The third kappa shape index (κ3) is 1.80. The van der Waals surface area contributed by atoms with E-state index in [1.807, 2.05) is 37.6 Å². The number of nitrogens with zero attached hydrogens (tertiary/aromatic N) is 3. The van der Waals surface area contributed by atoms with Gasteiger partial charge in [0.25, 0.3) is 0 Å². The maximum atomic E-state index is 4.30. The lowest BCUT2D eigenvalue weighted by atomic mass is 10.3. The van der Waals surface area contributed by atoms with E-state index in [4.69, 9.17) is 0 Å². The van der Waals surface area contributed by atoms with Crippen LogP contribution in [0.5, 0.6) is 0 Å². The zero-order valence-corrected chi connectivity index (χ0v) is 8.01. The van der Waals surface area contributed by atoms with Gasteiger partial charge in [0.15, 0.2) is 5.82 Å². The summed E-state index contributed by atoms with van der Waals surface area (Å²) in [4.78, 5) is 4.30. The van der Waals surface area contributed by atoms with Crippen LogP contribution in [0, 0.1) is 0 Å². The Morgan fingerprint density at radius 1 is 1.43 bits per heavy atom. The van der Waals surface area contributed by atoms with Gasteiger partial charge in [0.2, 0.25) is 0 Å². The topological polar surface area (TPSA) is 42.7 Å². The van der Waals surface area contributed by atoms with E-state index >= 15 is 0 Å². The van der Waals surface area contributed by atoms with Crippen molar-refractivity contribution in [1.29, 1.82) is 0 Å². The maximum absolute atomic E-state index is 4.30. The average molecular weight is 188 g/mol. The highest BCUT2D eigenvalue weighted by molar-refractivity contribution is 5.24. The molecule has 0 saturated carbocycles. The van der Waals surface area contributed by atoms with Gasteiger partial charge in [-0.3, -0.25) is 0 Å². The van der Waals surface area contributed by atoms with Crippen LogP contribution in [0.1, 0.15) is 5.56 Å². The molecule has 0 aliphatic carbocycles. The first-order chi connectivity index (χ1) is 6.90. The molecule has 14 heavy (non-hydrogen) atoms. The van der Waals surface area contributed by atoms with Gasteiger partial charge in [-0.05, 0) is 24.7 Å². The molecule has 2 rings (SSSR count). The molecule has 0 fully saturated rings. The van der Waals surface area contributed by atoms with Crippen LogP contribution in [0.15, 0.2) is 36.8 Å². The number of hydrogen-bond donors (Lipinski definition) is 1. The highest BCUT2D eigenvalue weighted by Gasteiger charge is 1.97. The second-order valence-corrected chi connectivity index (χ2v) is 3.01. The molecule has 0 spiro atoms. The molecule has 0 bridgehead atoms. The van der Waals surface area contributed by atoms with Gasteiger partial charge in [-0.25, -0.2) is 9.67 Å². The zero-order valence-electron chi connectivity index (χ0n) is 8.01. The third-order valence-electron chi connectivity index (χ3n) is 1.93. The molecule has 72 valence electrons. The quantitative estimate of drug-likeness (QED) is 0.781. The first-order valence-corrected chi connectivity index (χ1v) is 4.49. The SMILES string of the molecule is CNCc1ccc(-n2cccn2)nc1. The van der Waals surface area contributed by atoms with Crippen molar-refractivity contribution >= 4 is 0 Å². The smallest absolute Gasteiger partial charge is 0.153 e. The predicted octanol–water partition coefficient (Wildman–Crippen LogP) is 0.987. The van der Waals surface area contributed by atoms with Crippen molar-refractivity contribution in [3.8, 4) is 5.82 Å². The van der Waals surface area contributed by atoms with E-state index in [0.29, 0.717) is 0 Å². The van der Waals surface area contributed by atoms with E-state index in [0.717, 1.165) is 12.4 Å². The molecule has 4 heteroatoms. The van der Waals surface area contributed by atoms with Crippen LogP contribution < -0.4 is 5.32 Å². The molecule has 0 aromatic carbocycles. The normalized spacial score (nSPS) is 10.4. The predicted molar refractivity (Wildman–Crippen MR) is 54.1 cm³/mol. The van der Waals surface area contributed by atoms with Crippen molar-refractivity contribution in [1.82, 2.24) is 20.1 Å². The fraction of sp³-hybridized carbons (Fsp3) is 0.200. The number of hydrogen-bond acceptors (Lipinski definition) is 3. The Labute approximate surface area is 82.6 Å². The maximum Gasteiger partial charge on any atom is 0.153 e. The van der Waals surface area contributed by atoms with Crippen molar-refractivity contribution in [3.05, 3.63) is 42.4 Å². The molecular weight excluding hydrogens is 176 g/mol. The van der Waals surface area contributed by atoms with Crippen molar-refractivity contribution in [2.45, 2.75) is 6.54 Å². The molecule has 0 saturated heterocycles. The molecule has 2 aromatic rings. The molecule has 0 radical (unpaired) electrons. The molecule has 0 atom stereocenters. The summed E-state index contributed by atoms with van der Waals surface area (Å²) in [5.74, 6) is 0.842. The van der Waals surface area contributed by atoms with E-state index in [-0.39, 0.29) is 0 Å². The summed E-state index contributed by atoms with van der Waals surface area (Å²) >= 11 is 0. The van der Waals surface area contributed by atoms with Crippen molar-refractivity contribution in [2.24, 2.45) is 0 Å². The summed E-state index contributed by atoms with van der Waals surface area (Å²) in [6, 6.07) is 5.88. The van der Waals surface area contributed by atoms with Gasteiger partial charge in [-0.1, -0.05) is 6.07 Å². The van der Waals surface area contributed by atoms with Gasteiger partial charge < -0.3 is 5.32 Å². The number of nitrogens with one attached hydrogen (secondary N) is 1. The molecule has 4 nitrogen and oxygen atoms in total. The second kappa shape index (κ2) is 4.02. The van der Waals surface area contributed by atoms with Gasteiger partial charge in [-0.15, -0.1) is 0 Å². The fourth-order valence-corrected chi connectivity index (χ4v) is 1.27. The van der Waals surface area contributed by atoms with Gasteiger partial charge in [-0.2, -0.15) is 5.10 Å². The van der Waals surface area contributed by atoms with Crippen LogP contribution in [-0.2, 0) is 6.54 Å². The van der Waals surface area contributed by atoms with Crippen LogP contribution in [0.4, 0.5) is 0 Å². The average Bonchev–Trinajstić information content (AvgIpc) is 2.72. The Balaban J connectivity index is 2.22. The van der Waals surface area contributed by atoms with E-state index in [1.165, 1.54) is 5.56 Å². The highest BCUT2D eigenvalue weighted by Crippen LogP contribution is 2.03. The lowest BCUT2D eigenvalue weighted by Crippen LogP contribution is -2.06. The van der Waals surface area contributed by atoms with Crippen molar-refractivity contribution in [3.63, 3.8) is 0 Å². The summed E-state index contributed by atoms with van der Waals surface area (Å²) < 4.78 is 1.74. The monoisotopic (exact) mass is 188 g/mol. The Morgan fingerprint density at radius 3 is 2.93 bits per heavy atom. The number of pyridine rings is 1.